The highest BCUT2D eigenvalue weighted by molar-refractivity contribution is 5.95. The van der Waals surface area contributed by atoms with Crippen molar-refractivity contribution in [1.82, 2.24) is 10.6 Å². The molecule has 7 heteroatoms. The van der Waals surface area contributed by atoms with Crippen LogP contribution in [0.25, 0.3) is 0 Å². The maximum absolute atomic E-state index is 11.7. The molecule has 2 aromatic rings. The number of nitrogens with one attached hydrogen (secondary N) is 2. The van der Waals surface area contributed by atoms with Crippen molar-refractivity contribution in [3.05, 3.63) is 65.7 Å². The van der Waals surface area contributed by atoms with Crippen LogP contribution in [0, 0.1) is 0 Å². The number of ether oxygens (including phenoxy) is 2. The Morgan fingerprint density at radius 3 is 2.35 bits per heavy atom. The highest BCUT2D eigenvalue weighted by Gasteiger charge is 2.12. The molecule has 0 aliphatic rings. The Hall–Kier alpha value is -3.35. The van der Waals surface area contributed by atoms with Gasteiger partial charge in [-0.25, -0.2) is 9.59 Å². The molecule has 0 atom stereocenters. The number of urea groups is 1. The Morgan fingerprint density at radius 1 is 0.923 bits per heavy atom. The van der Waals surface area contributed by atoms with Crippen molar-refractivity contribution in [3.8, 4) is 5.75 Å². The fourth-order valence-electron chi connectivity index (χ4n) is 2.16. The molecule has 2 aromatic carbocycles. The van der Waals surface area contributed by atoms with E-state index in [9.17, 15) is 14.4 Å². The van der Waals surface area contributed by atoms with Crippen LogP contribution in [0.2, 0.25) is 0 Å². The molecule has 3 amide bonds. The lowest BCUT2D eigenvalue weighted by molar-refractivity contribution is -0.150. The lowest BCUT2D eigenvalue weighted by Gasteiger charge is -2.11. The predicted octanol–water partition coefficient (Wildman–Crippen LogP) is 1.66. The van der Waals surface area contributed by atoms with Crippen molar-refractivity contribution >= 4 is 17.9 Å². The number of hydrogen-bond acceptors (Lipinski definition) is 5. The summed E-state index contributed by atoms with van der Waals surface area (Å²) in [6, 6.07) is 16.6. The second kappa shape index (κ2) is 9.83. The van der Waals surface area contributed by atoms with Gasteiger partial charge in [0, 0.05) is 13.5 Å². The van der Waals surface area contributed by atoms with Crippen molar-refractivity contribution < 1.29 is 23.9 Å². The van der Waals surface area contributed by atoms with E-state index in [1.165, 1.54) is 7.05 Å². The van der Waals surface area contributed by atoms with Gasteiger partial charge in [0.2, 0.25) is 0 Å². The van der Waals surface area contributed by atoms with Crippen LogP contribution in [-0.4, -0.2) is 38.2 Å². The molecule has 0 fully saturated rings. The predicted molar refractivity (Wildman–Crippen MR) is 94.7 cm³/mol. The summed E-state index contributed by atoms with van der Waals surface area (Å²) in [4.78, 5) is 34.0. The Balaban J connectivity index is 1.84. The van der Waals surface area contributed by atoms with Crippen LogP contribution in [0.5, 0.6) is 5.75 Å². The first-order valence-electron chi connectivity index (χ1n) is 8.00. The molecular formula is C19H20N2O5. The van der Waals surface area contributed by atoms with E-state index in [0.717, 1.165) is 11.1 Å². The number of carbonyl (C=O) groups excluding carboxylic acids is 3. The number of rotatable bonds is 7. The van der Waals surface area contributed by atoms with Crippen molar-refractivity contribution in [1.29, 1.82) is 0 Å². The van der Waals surface area contributed by atoms with Crippen LogP contribution in [0.3, 0.4) is 0 Å². The van der Waals surface area contributed by atoms with E-state index in [4.69, 9.17) is 9.47 Å². The SMILES string of the molecule is CNC(=O)NC(=O)COC(=O)COc1ccccc1Cc1ccccc1. The number of amides is 3. The summed E-state index contributed by atoms with van der Waals surface area (Å²) in [5.41, 5.74) is 2.06. The highest BCUT2D eigenvalue weighted by Crippen LogP contribution is 2.21. The third-order valence-electron chi connectivity index (χ3n) is 3.40. The third kappa shape index (κ3) is 6.27. The number of imide groups is 1. The van der Waals surface area contributed by atoms with Crippen LogP contribution in [-0.2, 0) is 20.7 Å². The minimum absolute atomic E-state index is 0.334. The van der Waals surface area contributed by atoms with Gasteiger partial charge in [-0.1, -0.05) is 48.5 Å². The number of para-hydroxylation sites is 1. The van der Waals surface area contributed by atoms with Crippen molar-refractivity contribution in [2.24, 2.45) is 0 Å². The second-order valence-corrected chi connectivity index (χ2v) is 5.35. The zero-order chi connectivity index (χ0) is 18.8. The van der Waals surface area contributed by atoms with Gasteiger partial charge in [0.15, 0.2) is 13.2 Å². The number of carbonyl (C=O) groups is 3. The van der Waals surface area contributed by atoms with Crippen molar-refractivity contribution in [3.63, 3.8) is 0 Å². The quantitative estimate of drug-likeness (QED) is 0.736. The Kier molecular flexibility index (Phi) is 7.17. The van der Waals surface area contributed by atoms with Gasteiger partial charge < -0.3 is 14.8 Å². The average Bonchev–Trinajstić information content (AvgIpc) is 2.66. The van der Waals surface area contributed by atoms with Gasteiger partial charge in [0.25, 0.3) is 5.91 Å². The van der Waals surface area contributed by atoms with E-state index in [2.05, 4.69) is 5.32 Å². The normalized spacial score (nSPS) is 9.88. The minimum atomic E-state index is -0.720. The fraction of sp³-hybridized carbons (Fsp3) is 0.211. The van der Waals surface area contributed by atoms with Gasteiger partial charge in [0.1, 0.15) is 5.75 Å². The lowest BCUT2D eigenvalue weighted by Crippen LogP contribution is -2.40. The van der Waals surface area contributed by atoms with E-state index in [1.54, 1.807) is 6.07 Å². The van der Waals surface area contributed by atoms with Crippen LogP contribution < -0.4 is 15.4 Å². The van der Waals surface area contributed by atoms with Gasteiger partial charge >= 0.3 is 12.0 Å². The molecule has 0 bridgehead atoms. The summed E-state index contributed by atoms with van der Waals surface area (Å²) in [5, 5.41) is 4.21. The Morgan fingerprint density at radius 2 is 1.62 bits per heavy atom. The zero-order valence-electron chi connectivity index (χ0n) is 14.4. The number of esters is 1. The summed E-state index contributed by atoms with van der Waals surface area (Å²) in [6.07, 6.45) is 0.667. The molecule has 0 saturated heterocycles. The molecule has 136 valence electrons. The first-order chi connectivity index (χ1) is 12.6. The highest BCUT2D eigenvalue weighted by atomic mass is 16.6. The molecule has 0 aliphatic carbocycles. The Labute approximate surface area is 151 Å². The molecule has 0 aliphatic heterocycles. The molecule has 0 saturated carbocycles. The number of benzene rings is 2. The zero-order valence-corrected chi connectivity index (χ0v) is 14.4. The average molecular weight is 356 g/mol. The van der Waals surface area contributed by atoms with Crippen molar-refractivity contribution in [2.75, 3.05) is 20.3 Å². The molecule has 26 heavy (non-hydrogen) atoms. The minimum Gasteiger partial charge on any atom is -0.482 e. The van der Waals surface area contributed by atoms with E-state index < -0.39 is 24.5 Å². The monoisotopic (exact) mass is 356 g/mol. The maximum atomic E-state index is 11.7. The molecule has 0 aromatic heterocycles. The van der Waals surface area contributed by atoms with E-state index in [1.807, 2.05) is 53.8 Å². The van der Waals surface area contributed by atoms with Crippen LogP contribution >= 0.6 is 0 Å². The largest absolute Gasteiger partial charge is 0.482 e. The molecule has 0 radical (unpaired) electrons. The summed E-state index contributed by atoms with van der Waals surface area (Å²) in [6.45, 7) is -0.889. The molecule has 0 unspecified atom stereocenters. The Bertz CT molecular complexity index is 762. The molecular weight excluding hydrogens is 336 g/mol. The smallest absolute Gasteiger partial charge is 0.344 e. The standard InChI is InChI=1S/C19H20N2O5/c1-20-19(24)21-17(22)12-26-18(23)13-25-16-10-6-5-9-15(16)11-14-7-3-2-4-8-14/h2-10H,11-13H2,1H3,(H2,20,21,22,24). The van der Waals surface area contributed by atoms with Crippen LogP contribution in [0.4, 0.5) is 4.79 Å². The van der Waals surface area contributed by atoms with Gasteiger partial charge in [-0.05, 0) is 17.2 Å². The molecule has 2 N–H and O–H groups in total. The number of hydrogen-bond donors (Lipinski definition) is 2. The van der Waals surface area contributed by atoms with Crippen LogP contribution in [0.1, 0.15) is 11.1 Å². The first kappa shape index (κ1) is 19.0. The van der Waals surface area contributed by atoms with Gasteiger partial charge in [-0.2, -0.15) is 0 Å². The summed E-state index contributed by atoms with van der Waals surface area (Å²) >= 11 is 0. The van der Waals surface area contributed by atoms with E-state index in [0.29, 0.717) is 12.2 Å². The maximum Gasteiger partial charge on any atom is 0.344 e. The van der Waals surface area contributed by atoms with Gasteiger partial charge in [-0.3, -0.25) is 10.1 Å². The van der Waals surface area contributed by atoms with Gasteiger partial charge in [-0.15, -0.1) is 0 Å². The molecule has 2 rings (SSSR count). The molecule has 0 spiro atoms. The lowest BCUT2D eigenvalue weighted by atomic mass is 10.0. The molecule has 7 nitrogen and oxygen atoms in total. The fourth-order valence-corrected chi connectivity index (χ4v) is 2.16. The topological polar surface area (TPSA) is 93.7 Å². The van der Waals surface area contributed by atoms with E-state index >= 15 is 0 Å². The second-order valence-electron chi connectivity index (χ2n) is 5.35. The first-order valence-corrected chi connectivity index (χ1v) is 8.00. The summed E-state index contributed by atoms with van der Waals surface area (Å²) in [5.74, 6) is -0.850. The third-order valence-corrected chi connectivity index (χ3v) is 3.40. The van der Waals surface area contributed by atoms with Gasteiger partial charge in [0.05, 0.1) is 0 Å². The molecule has 0 heterocycles. The summed E-state index contributed by atoms with van der Waals surface area (Å²) < 4.78 is 10.3. The van der Waals surface area contributed by atoms with E-state index in [-0.39, 0.29) is 6.61 Å². The summed E-state index contributed by atoms with van der Waals surface area (Å²) in [7, 11) is 1.37. The van der Waals surface area contributed by atoms with Crippen LogP contribution in [0.15, 0.2) is 54.6 Å². The van der Waals surface area contributed by atoms with Crippen molar-refractivity contribution in [2.45, 2.75) is 6.42 Å².